The van der Waals surface area contributed by atoms with Crippen molar-refractivity contribution in [1.29, 1.82) is 0 Å². The molecule has 0 aliphatic rings. The maximum atomic E-state index is 13.6. The number of sulfonamides is 1. The Labute approximate surface area is 136 Å². The van der Waals surface area contributed by atoms with Crippen LogP contribution in [0.5, 0.6) is 0 Å². The number of para-hydroxylation sites is 1. The molecule has 0 atom stereocenters. The Kier molecular flexibility index (Phi) is 4.65. The van der Waals surface area contributed by atoms with Crippen LogP contribution in [0.15, 0.2) is 29.2 Å². The molecule has 0 unspecified atom stereocenters. The van der Waals surface area contributed by atoms with Crippen LogP contribution < -0.4 is 4.72 Å². The summed E-state index contributed by atoms with van der Waals surface area (Å²) < 4.78 is 54.1. The number of aryl methyl sites for hydroxylation is 1. The molecular formula is C14H11Cl2F2NO2S. The molecule has 22 heavy (non-hydrogen) atoms. The minimum atomic E-state index is -4.31. The molecule has 0 bridgehead atoms. The normalized spacial score (nSPS) is 11.5. The first-order chi connectivity index (χ1) is 10.1. The van der Waals surface area contributed by atoms with Crippen LogP contribution in [0.2, 0.25) is 10.0 Å². The van der Waals surface area contributed by atoms with Crippen molar-refractivity contribution in [2.75, 3.05) is 4.72 Å². The summed E-state index contributed by atoms with van der Waals surface area (Å²) in [6.07, 6.45) is 0. The number of benzene rings is 2. The predicted molar refractivity (Wildman–Crippen MR) is 83.1 cm³/mol. The van der Waals surface area contributed by atoms with Gasteiger partial charge in [-0.2, -0.15) is 0 Å². The third-order valence-corrected chi connectivity index (χ3v) is 5.57. The molecule has 1 N–H and O–H groups in total. The second kappa shape index (κ2) is 6.02. The summed E-state index contributed by atoms with van der Waals surface area (Å²) in [6, 6.07) is 4.53. The van der Waals surface area contributed by atoms with Gasteiger partial charge in [-0.25, -0.2) is 17.2 Å². The molecular weight excluding hydrogens is 355 g/mol. The monoisotopic (exact) mass is 365 g/mol. The van der Waals surface area contributed by atoms with Gasteiger partial charge in [0.05, 0.1) is 5.02 Å². The Bertz CT molecular complexity index is 808. The molecule has 2 rings (SSSR count). The summed E-state index contributed by atoms with van der Waals surface area (Å²) in [4.78, 5) is -0.304. The van der Waals surface area contributed by atoms with Gasteiger partial charge in [0.15, 0.2) is 0 Å². The van der Waals surface area contributed by atoms with Gasteiger partial charge in [0, 0.05) is 5.02 Å². The Morgan fingerprint density at radius 3 is 2.18 bits per heavy atom. The highest BCUT2D eigenvalue weighted by atomic mass is 35.5. The molecule has 0 fully saturated rings. The van der Waals surface area contributed by atoms with E-state index in [2.05, 4.69) is 0 Å². The average molecular weight is 366 g/mol. The van der Waals surface area contributed by atoms with Crippen LogP contribution in [-0.2, 0) is 10.0 Å². The number of rotatable bonds is 3. The number of hydrogen-bond donors (Lipinski definition) is 1. The molecule has 8 heteroatoms. The largest absolute Gasteiger partial charge is 0.274 e. The smallest absolute Gasteiger partial charge is 0.263 e. The first-order valence-corrected chi connectivity index (χ1v) is 8.31. The first kappa shape index (κ1) is 17.0. The van der Waals surface area contributed by atoms with E-state index in [1.54, 1.807) is 6.92 Å². The van der Waals surface area contributed by atoms with Crippen molar-refractivity contribution in [3.05, 3.63) is 57.1 Å². The summed E-state index contributed by atoms with van der Waals surface area (Å²) in [5.41, 5.74) is -0.135. The SMILES string of the molecule is Cc1cc(Cl)c(C)c(S(=O)(=O)Nc2c(F)cccc2F)c1Cl. The Morgan fingerprint density at radius 2 is 1.64 bits per heavy atom. The lowest BCUT2D eigenvalue weighted by Gasteiger charge is -2.15. The second-order valence-electron chi connectivity index (χ2n) is 4.65. The van der Waals surface area contributed by atoms with Crippen LogP contribution in [-0.4, -0.2) is 8.42 Å². The molecule has 2 aromatic rings. The maximum absolute atomic E-state index is 13.6. The molecule has 0 aromatic heterocycles. The highest BCUT2D eigenvalue weighted by Gasteiger charge is 2.26. The fourth-order valence-corrected chi connectivity index (χ4v) is 4.21. The van der Waals surface area contributed by atoms with Crippen molar-refractivity contribution in [2.24, 2.45) is 0 Å². The Morgan fingerprint density at radius 1 is 1.09 bits per heavy atom. The van der Waals surface area contributed by atoms with E-state index in [4.69, 9.17) is 23.2 Å². The number of halogens is 4. The number of anilines is 1. The summed E-state index contributed by atoms with van der Waals surface area (Å²) in [5.74, 6) is -2.06. The molecule has 0 aliphatic carbocycles. The quantitative estimate of drug-likeness (QED) is 0.857. The fourth-order valence-electron chi connectivity index (χ4n) is 1.91. The summed E-state index contributed by atoms with van der Waals surface area (Å²) in [5, 5.41) is 0.141. The maximum Gasteiger partial charge on any atom is 0.263 e. The van der Waals surface area contributed by atoms with Crippen LogP contribution in [0.3, 0.4) is 0 Å². The van der Waals surface area contributed by atoms with E-state index in [0.717, 1.165) is 18.2 Å². The van der Waals surface area contributed by atoms with Crippen molar-refractivity contribution >= 4 is 38.9 Å². The molecule has 3 nitrogen and oxygen atoms in total. The van der Waals surface area contributed by atoms with E-state index in [0.29, 0.717) is 5.56 Å². The van der Waals surface area contributed by atoms with Gasteiger partial charge in [0.25, 0.3) is 10.0 Å². The summed E-state index contributed by atoms with van der Waals surface area (Å²) >= 11 is 12.0. The molecule has 0 saturated heterocycles. The third-order valence-electron chi connectivity index (χ3n) is 3.06. The van der Waals surface area contributed by atoms with E-state index in [1.165, 1.54) is 13.0 Å². The third kappa shape index (κ3) is 3.04. The highest BCUT2D eigenvalue weighted by Crippen LogP contribution is 2.35. The molecule has 0 radical (unpaired) electrons. The fraction of sp³-hybridized carbons (Fsp3) is 0.143. The van der Waals surface area contributed by atoms with Crippen molar-refractivity contribution in [2.45, 2.75) is 18.7 Å². The highest BCUT2D eigenvalue weighted by molar-refractivity contribution is 7.93. The second-order valence-corrected chi connectivity index (χ2v) is 7.05. The van der Waals surface area contributed by atoms with E-state index >= 15 is 0 Å². The van der Waals surface area contributed by atoms with Gasteiger partial charge < -0.3 is 0 Å². The lowest BCUT2D eigenvalue weighted by Crippen LogP contribution is -2.17. The number of hydrogen-bond acceptors (Lipinski definition) is 2. The molecule has 0 saturated carbocycles. The van der Waals surface area contributed by atoms with Gasteiger partial charge in [0.2, 0.25) is 0 Å². The zero-order valence-electron chi connectivity index (χ0n) is 11.5. The lowest BCUT2D eigenvalue weighted by molar-refractivity contribution is 0.582. The first-order valence-electron chi connectivity index (χ1n) is 6.07. The van der Waals surface area contributed by atoms with Crippen LogP contribution in [0.25, 0.3) is 0 Å². The lowest BCUT2D eigenvalue weighted by atomic mass is 10.2. The van der Waals surface area contributed by atoms with Gasteiger partial charge in [0.1, 0.15) is 22.2 Å². The van der Waals surface area contributed by atoms with Gasteiger partial charge in [-0.1, -0.05) is 29.3 Å². The van der Waals surface area contributed by atoms with Gasteiger partial charge in [-0.05, 0) is 43.2 Å². The van der Waals surface area contributed by atoms with E-state index in [-0.39, 0.29) is 20.5 Å². The van der Waals surface area contributed by atoms with Crippen molar-refractivity contribution < 1.29 is 17.2 Å². The molecule has 2 aromatic carbocycles. The standard InChI is InChI=1S/C14H11Cl2F2NO2S/c1-7-6-9(15)8(2)14(12(7)16)22(20,21)19-13-10(17)4-3-5-11(13)18/h3-6,19H,1-2H3. The zero-order valence-corrected chi connectivity index (χ0v) is 13.9. The van der Waals surface area contributed by atoms with Crippen LogP contribution in [0.4, 0.5) is 14.5 Å². The minimum absolute atomic E-state index is 0.0499. The molecule has 118 valence electrons. The summed E-state index contributed by atoms with van der Waals surface area (Å²) in [6.45, 7) is 3.04. The van der Waals surface area contributed by atoms with Crippen molar-refractivity contribution in [3.8, 4) is 0 Å². The van der Waals surface area contributed by atoms with Crippen molar-refractivity contribution in [3.63, 3.8) is 0 Å². The van der Waals surface area contributed by atoms with E-state index in [9.17, 15) is 17.2 Å². The Hall–Kier alpha value is -1.37. The van der Waals surface area contributed by atoms with Crippen molar-refractivity contribution in [1.82, 2.24) is 0 Å². The Balaban J connectivity index is 2.63. The summed E-state index contributed by atoms with van der Waals surface area (Å²) in [7, 11) is -4.31. The topological polar surface area (TPSA) is 46.2 Å². The van der Waals surface area contributed by atoms with Gasteiger partial charge >= 0.3 is 0 Å². The molecule has 0 aliphatic heterocycles. The average Bonchev–Trinajstić information content (AvgIpc) is 2.41. The van der Waals surface area contributed by atoms with Crippen LogP contribution in [0, 0.1) is 25.5 Å². The molecule has 0 spiro atoms. The van der Waals surface area contributed by atoms with Gasteiger partial charge in [-0.3, -0.25) is 4.72 Å². The molecule has 0 heterocycles. The minimum Gasteiger partial charge on any atom is -0.274 e. The number of nitrogens with one attached hydrogen (secondary N) is 1. The van der Waals surface area contributed by atoms with Crippen LogP contribution >= 0.6 is 23.2 Å². The van der Waals surface area contributed by atoms with E-state index < -0.39 is 27.3 Å². The zero-order chi connectivity index (χ0) is 16.7. The predicted octanol–water partition coefficient (Wildman–Crippen LogP) is 4.69. The van der Waals surface area contributed by atoms with Gasteiger partial charge in [-0.15, -0.1) is 0 Å². The van der Waals surface area contributed by atoms with Crippen LogP contribution in [0.1, 0.15) is 11.1 Å². The molecule has 0 amide bonds. The van der Waals surface area contributed by atoms with E-state index in [1.807, 2.05) is 4.72 Å².